The molecular formula is C25H21NO6S. The lowest BCUT2D eigenvalue weighted by atomic mass is 10.0. The van der Waals surface area contributed by atoms with E-state index >= 15 is 0 Å². The second kappa shape index (κ2) is 9.38. The number of rotatable bonds is 7. The van der Waals surface area contributed by atoms with E-state index in [1.807, 2.05) is 31.2 Å². The number of carbonyl (C=O) groups is 3. The minimum absolute atomic E-state index is 0.147. The first-order valence-electron chi connectivity index (χ1n) is 10.2. The SMILES string of the molecule is Cc1ccc(OCCN2C(=O)S/C(=C\c3ccc(-c4ccc(C(=O)O)cc4C)o3)C2=O)cc1. The quantitative estimate of drug-likeness (QED) is 0.470. The number of hydrogen-bond acceptors (Lipinski definition) is 6. The van der Waals surface area contributed by atoms with Gasteiger partial charge in [0.25, 0.3) is 11.1 Å². The van der Waals surface area contributed by atoms with Gasteiger partial charge in [0.1, 0.15) is 23.9 Å². The Morgan fingerprint density at radius 3 is 2.55 bits per heavy atom. The molecule has 168 valence electrons. The van der Waals surface area contributed by atoms with E-state index in [2.05, 4.69) is 0 Å². The minimum atomic E-state index is -0.996. The van der Waals surface area contributed by atoms with Crippen LogP contribution in [0.2, 0.25) is 0 Å². The fourth-order valence-corrected chi connectivity index (χ4v) is 4.20. The van der Waals surface area contributed by atoms with Crippen LogP contribution in [0.1, 0.15) is 27.2 Å². The molecule has 2 amide bonds. The van der Waals surface area contributed by atoms with Gasteiger partial charge in [-0.3, -0.25) is 14.5 Å². The highest BCUT2D eigenvalue weighted by molar-refractivity contribution is 8.18. The fourth-order valence-electron chi connectivity index (χ4n) is 3.36. The number of ether oxygens (including phenoxy) is 1. The molecule has 1 saturated heterocycles. The number of carboxylic acids is 1. The van der Waals surface area contributed by atoms with Crippen LogP contribution in [0.3, 0.4) is 0 Å². The van der Waals surface area contributed by atoms with Crippen molar-refractivity contribution in [2.45, 2.75) is 13.8 Å². The van der Waals surface area contributed by atoms with Gasteiger partial charge in [-0.2, -0.15) is 0 Å². The molecule has 4 rings (SSSR count). The Morgan fingerprint density at radius 1 is 1.09 bits per heavy atom. The number of hydrogen-bond donors (Lipinski definition) is 1. The third-order valence-corrected chi connectivity index (χ3v) is 6.02. The summed E-state index contributed by atoms with van der Waals surface area (Å²) in [5.41, 5.74) is 2.82. The lowest BCUT2D eigenvalue weighted by molar-refractivity contribution is -0.123. The number of nitrogens with zero attached hydrogens (tertiary/aromatic N) is 1. The normalized spacial score (nSPS) is 14.8. The van der Waals surface area contributed by atoms with Crippen LogP contribution in [-0.2, 0) is 4.79 Å². The average Bonchev–Trinajstić information content (AvgIpc) is 3.34. The van der Waals surface area contributed by atoms with E-state index in [0.717, 1.165) is 33.4 Å². The molecule has 1 aliphatic heterocycles. The van der Waals surface area contributed by atoms with Gasteiger partial charge in [-0.1, -0.05) is 23.8 Å². The molecule has 0 bridgehead atoms. The van der Waals surface area contributed by atoms with Crippen LogP contribution < -0.4 is 4.74 Å². The Hall–Kier alpha value is -3.78. The summed E-state index contributed by atoms with van der Waals surface area (Å²) < 4.78 is 11.5. The molecule has 0 saturated carbocycles. The van der Waals surface area contributed by atoms with Crippen molar-refractivity contribution in [2.24, 2.45) is 0 Å². The summed E-state index contributed by atoms with van der Waals surface area (Å²) in [6.07, 6.45) is 1.54. The molecule has 0 unspecified atom stereocenters. The molecule has 2 heterocycles. The van der Waals surface area contributed by atoms with Gasteiger partial charge in [0.05, 0.1) is 17.0 Å². The van der Waals surface area contributed by atoms with Crippen LogP contribution in [-0.4, -0.2) is 40.3 Å². The van der Waals surface area contributed by atoms with Gasteiger partial charge < -0.3 is 14.3 Å². The van der Waals surface area contributed by atoms with E-state index in [1.54, 1.807) is 31.2 Å². The van der Waals surface area contributed by atoms with Gasteiger partial charge in [-0.15, -0.1) is 0 Å². The van der Waals surface area contributed by atoms with E-state index in [1.165, 1.54) is 12.1 Å². The number of thioether (sulfide) groups is 1. The van der Waals surface area contributed by atoms with Gasteiger partial charge in [0, 0.05) is 11.6 Å². The molecule has 1 aliphatic rings. The summed E-state index contributed by atoms with van der Waals surface area (Å²) >= 11 is 0.856. The average molecular weight is 464 g/mol. The molecule has 1 aromatic heterocycles. The summed E-state index contributed by atoms with van der Waals surface area (Å²) in [6, 6.07) is 15.8. The summed E-state index contributed by atoms with van der Waals surface area (Å²) in [4.78, 5) is 37.6. The van der Waals surface area contributed by atoms with Gasteiger partial charge in [0.15, 0.2) is 0 Å². The summed E-state index contributed by atoms with van der Waals surface area (Å²) in [5, 5.41) is 8.76. The Balaban J connectivity index is 1.43. The number of aromatic carboxylic acids is 1. The van der Waals surface area contributed by atoms with Crippen LogP contribution in [0.25, 0.3) is 17.4 Å². The molecule has 1 N–H and O–H groups in total. The minimum Gasteiger partial charge on any atom is -0.492 e. The van der Waals surface area contributed by atoms with Crippen LogP contribution in [0.5, 0.6) is 5.75 Å². The molecule has 8 heteroatoms. The summed E-state index contributed by atoms with van der Waals surface area (Å²) in [6.45, 7) is 4.13. The lowest BCUT2D eigenvalue weighted by Crippen LogP contribution is -2.32. The number of aryl methyl sites for hydroxylation is 2. The highest BCUT2D eigenvalue weighted by Crippen LogP contribution is 2.34. The van der Waals surface area contributed by atoms with E-state index < -0.39 is 11.9 Å². The Kier molecular flexibility index (Phi) is 6.37. The van der Waals surface area contributed by atoms with Gasteiger partial charge in [-0.05, 0) is 67.6 Å². The first-order valence-corrected chi connectivity index (χ1v) is 11.0. The van der Waals surface area contributed by atoms with Crippen molar-refractivity contribution in [1.29, 1.82) is 0 Å². The van der Waals surface area contributed by atoms with Gasteiger partial charge >= 0.3 is 5.97 Å². The third kappa shape index (κ3) is 5.01. The highest BCUT2D eigenvalue weighted by Gasteiger charge is 2.35. The van der Waals surface area contributed by atoms with Crippen molar-refractivity contribution in [2.75, 3.05) is 13.2 Å². The first kappa shape index (κ1) is 22.4. The van der Waals surface area contributed by atoms with Crippen molar-refractivity contribution in [1.82, 2.24) is 4.90 Å². The Labute approximate surface area is 194 Å². The predicted octanol–water partition coefficient (Wildman–Crippen LogP) is 5.38. The van der Waals surface area contributed by atoms with E-state index in [9.17, 15) is 14.4 Å². The maximum atomic E-state index is 12.7. The second-order valence-corrected chi connectivity index (χ2v) is 8.52. The predicted molar refractivity (Wildman–Crippen MR) is 125 cm³/mol. The van der Waals surface area contributed by atoms with Crippen molar-refractivity contribution in [3.8, 4) is 17.1 Å². The summed E-state index contributed by atoms with van der Waals surface area (Å²) in [7, 11) is 0. The zero-order valence-corrected chi connectivity index (χ0v) is 18.8. The number of imide groups is 1. The van der Waals surface area contributed by atoms with Crippen molar-refractivity contribution < 1.29 is 28.6 Å². The number of benzene rings is 2. The fraction of sp³-hybridized carbons (Fsp3) is 0.160. The first-order chi connectivity index (χ1) is 15.8. The summed E-state index contributed by atoms with van der Waals surface area (Å²) in [5.74, 6) is 0.259. The largest absolute Gasteiger partial charge is 0.492 e. The number of carboxylic acid groups (broad SMARTS) is 1. The zero-order chi connectivity index (χ0) is 23.5. The smallest absolute Gasteiger partial charge is 0.335 e. The zero-order valence-electron chi connectivity index (χ0n) is 18.0. The van der Waals surface area contributed by atoms with Crippen LogP contribution in [0.15, 0.2) is 63.9 Å². The van der Waals surface area contributed by atoms with Crippen molar-refractivity contribution >= 4 is 35.0 Å². The third-order valence-electron chi connectivity index (χ3n) is 5.12. The molecule has 7 nitrogen and oxygen atoms in total. The van der Waals surface area contributed by atoms with Crippen molar-refractivity contribution in [3.05, 3.63) is 82.0 Å². The molecule has 33 heavy (non-hydrogen) atoms. The van der Waals surface area contributed by atoms with E-state index in [0.29, 0.717) is 17.3 Å². The standard InChI is InChI=1S/C25H21NO6S/c1-15-3-6-18(7-4-15)31-12-11-26-23(27)22(33-25(26)30)14-19-8-10-21(32-19)20-9-5-17(24(28)29)13-16(20)2/h3-10,13-14H,11-12H2,1-2H3,(H,28,29)/b22-14-. The van der Waals surface area contributed by atoms with E-state index in [4.69, 9.17) is 14.3 Å². The number of furan rings is 1. The molecule has 3 aromatic rings. The molecular weight excluding hydrogens is 442 g/mol. The molecule has 2 aromatic carbocycles. The Bertz CT molecular complexity index is 1260. The van der Waals surface area contributed by atoms with Crippen LogP contribution in [0, 0.1) is 13.8 Å². The molecule has 0 aliphatic carbocycles. The second-order valence-electron chi connectivity index (χ2n) is 7.53. The topological polar surface area (TPSA) is 97.1 Å². The number of carbonyl (C=O) groups excluding carboxylic acids is 2. The molecule has 0 spiro atoms. The lowest BCUT2D eigenvalue weighted by Gasteiger charge is -2.13. The van der Waals surface area contributed by atoms with Crippen LogP contribution in [0.4, 0.5) is 4.79 Å². The monoisotopic (exact) mass is 463 g/mol. The maximum Gasteiger partial charge on any atom is 0.335 e. The van der Waals surface area contributed by atoms with Crippen LogP contribution >= 0.6 is 11.8 Å². The molecule has 0 radical (unpaired) electrons. The molecule has 0 atom stereocenters. The maximum absolute atomic E-state index is 12.7. The number of amides is 2. The Morgan fingerprint density at radius 2 is 1.85 bits per heavy atom. The van der Waals surface area contributed by atoms with Gasteiger partial charge in [-0.25, -0.2) is 4.79 Å². The van der Waals surface area contributed by atoms with E-state index in [-0.39, 0.29) is 28.9 Å². The molecule has 1 fully saturated rings. The van der Waals surface area contributed by atoms with Crippen molar-refractivity contribution in [3.63, 3.8) is 0 Å². The highest BCUT2D eigenvalue weighted by atomic mass is 32.2. The van der Waals surface area contributed by atoms with Gasteiger partial charge in [0.2, 0.25) is 0 Å².